The molecule has 0 aliphatic carbocycles. The normalized spacial score (nSPS) is 17.4. The molecule has 7 nitrogen and oxygen atoms in total. The average molecular weight is 475 g/mol. The van der Waals surface area contributed by atoms with Crippen LogP contribution in [0.1, 0.15) is 35.9 Å². The maximum atomic E-state index is 12.9. The van der Waals surface area contributed by atoms with Gasteiger partial charge in [-0.15, -0.1) is 0 Å². The molecule has 1 amide bonds. The SMILES string of the molecule is Cc1cc2oc(C(=O)Nc3ccc(S(=O)(=O)N4CCC[C@H](C)C4)cc3)cc(=O)c2cc1Cl. The molecule has 1 aliphatic rings. The number of carbonyl (C=O) groups is 1. The average Bonchev–Trinajstić information content (AvgIpc) is 2.75. The molecule has 3 aromatic rings. The van der Waals surface area contributed by atoms with E-state index < -0.39 is 15.9 Å². The van der Waals surface area contributed by atoms with E-state index in [1.54, 1.807) is 13.0 Å². The van der Waals surface area contributed by atoms with Crippen LogP contribution in [0.4, 0.5) is 5.69 Å². The van der Waals surface area contributed by atoms with Crippen molar-refractivity contribution in [2.75, 3.05) is 18.4 Å². The smallest absolute Gasteiger partial charge is 0.291 e. The highest BCUT2D eigenvalue weighted by atomic mass is 35.5. The van der Waals surface area contributed by atoms with Crippen LogP contribution in [0.2, 0.25) is 5.02 Å². The summed E-state index contributed by atoms with van der Waals surface area (Å²) in [6.07, 6.45) is 1.87. The number of carbonyl (C=O) groups excluding carboxylic acids is 1. The summed E-state index contributed by atoms with van der Waals surface area (Å²) in [5, 5.41) is 3.37. The molecule has 0 bridgehead atoms. The van der Waals surface area contributed by atoms with Crippen LogP contribution in [0.25, 0.3) is 11.0 Å². The molecule has 1 fully saturated rings. The van der Waals surface area contributed by atoms with Crippen LogP contribution in [0.5, 0.6) is 0 Å². The first kappa shape index (κ1) is 22.5. The number of benzene rings is 2. The molecular weight excluding hydrogens is 452 g/mol. The lowest BCUT2D eigenvalue weighted by Crippen LogP contribution is -2.39. The summed E-state index contributed by atoms with van der Waals surface area (Å²) in [7, 11) is -3.58. The van der Waals surface area contributed by atoms with Crippen molar-refractivity contribution in [3.63, 3.8) is 0 Å². The van der Waals surface area contributed by atoms with Crippen LogP contribution in [0, 0.1) is 12.8 Å². The van der Waals surface area contributed by atoms with E-state index in [-0.39, 0.29) is 21.7 Å². The summed E-state index contributed by atoms with van der Waals surface area (Å²) in [6, 6.07) is 10.2. The van der Waals surface area contributed by atoms with Gasteiger partial charge >= 0.3 is 0 Å². The molecule has 1 saturated heterocycles. The second kappa shape index (κ2) is 8.69. The maximum Gasteiger partial charge on any atom is 0.291 e. The fourth-order valence-corrected chi connectivity index (χ4v) is 5.57. The van der Waals surface area contributed by atoms with E-state index >= 15 is 0 Å². The number of fused-ring (bicyclic) bond motifs is 1. The molecule has 168 valence electrons. The van der Waals surface area contributed by atoms with Crippen molar-refractivity contribution in [3.05, 3.63) is 69.0 Å². The first-order valence-electron chi connectivity index (χ1n) is 10.3. The molecule has 1 N–H and O–H groups in total. The number of anilines is 1. The van der Waals surface area contributed by atoms with E-state index in [0.717, 1.165) is 24.5 Å². The Morgan fingerprint density at radius 1 is 1.19 bits per heavy atom. The molecule has 1 atom stereocenters. The van der Waals surface area contributed by atoms with Crippen molar-refractivity contribution in [1.82, 2.24) is 4.31 Å². The van der Waals surface area contributed by atoms with Crippen LogP contribution in [0.3, 0.4) is 0 Å². The maximum absolute atomic E-state index is 12.9. The number of nitrogens with one attached hydrogen (secondary N) is 1. The summed E-state index contributed by atoms with van der Waals surface area (Å²) in [6.45, 7) is 4.83. The van der Waals surface area contributed by atoms with Gasteiger partial charge in [0.25, 0.3) is 5.91 Å². The van der Waals surface area contributed by atoms with Gasteiger partial charge in [-0.1, -0.05) is 18.5 Å². The summed E-state index contributed by atoms with van der Waals surface area (Å²) >= 11 is 6.07. The second-order valence-electron chi connectivity index (χ2n) is 8.16. The van der Waals surface area contributed by atoms with E-state index in [9.17, 15) is 18.0 Å². The Morgan fingerprint density at radius 2 is 1.91 bits per heavy atom. The number of amides is 1. The Bertz CT molecular complexity index is 1350. The first-order valence-corrected chi connectivity index (χ1v) is 12.1. The Hall–Kier alpha value is -2.68. The van der Waals surface area contributed by atoms with E-state index in [2.05, 4.69) is 5.32 Å². The molecule has 0 unspecified atom stereocenters. The highest BCUT2D eigenvalue weighted by Crippen LogP contribution is 2.25. The lowest BCUT2D eigenvalue weighted by molar-refractivity contribution is 0.0997. The fraction of sp³-hybridized carbons (Fsp3) is 0.304. The van der Waals surface area contributed by atoms with Crippen molar-refractivity contribution >= 4 is 44.2 Å². The Labute approximate surface area is 191 Å². The van der Waals surface area contributed by atoms with E-state index in [4.69, 9.17) is 16.0 Å². The molecule has 2 aromatic carbocycles. The van der Waals surface area contributed by atoms with E-state index in [0.29, 0.717) is 35.1 Å². The van der Waals surface area contributed by atoms with Gasteiger partial charge in [-0.3, -0.25) is 9.59 Å². The fourth-order valence-electron chi connectivity index (χ4n) is 3.81. The number of piperidine rings is 1. The molecule has 4 rings (SSSR count). The number of rotatable bonds is 4. The minimum Gasteiger partial charge on any atom is -0.451 e. The zero-order valence-corrected chi connectivity index (χ0v) is 19.3. The molecule has 0 saturated carbocycles. The van der Waals surface area contributed by atoms with Gasteiger partial charge in [-0.2, -0.15) is 4.31 Å². The predicted molar refractivity (Wildman–Crippen MR) is 124 cm³/mol. The van der Waals surface area contributed by atoms with Crippen LogP contribution < -0.4 is 10.7 Å². The highest BCUT2D eigenvalue weighted by Gasteiger charge is 2.28. The van der Waals surface area contributed by atoms with Crippen LogP contribution in [-0.2, 0) is 10.0 Å². The molecule has 0 radical (unpaired) electrons. The molecule has 1 aliphatic heterocycles. The molecule has 32 heavy (non-hydrogen) atoms. The van der Waals surface area contributed by atoms with Crippen LogP contribution >= 0.6 is 11.6 Å². The highest BCUT2D eigenvalue weighted by molar-refractivity contribution is 7.89. The number of sulfonamides is 1. The van der Waals surface area contributed by atoms with Crippen molar-refractivity contribution in [3.8, 4) is 0 Å². The van der Waals surface area contributed by atoms with Gasteiger partial charge in [0.05, 0.1) is 10.3 Å². The van der Waals surface area contributed by atoms with Gasteiger partial charge in [-0.05, 0) is 67.6 Å². The Kier molecular flexibility index (Phi) is 6.11. The molecule has 9 heteroatoms. The lowest BCUT2D eigenvalue weighted by atomic mass is 10.0. The largest absolute Gasteiger partial charge is 0.451 e. The Morgan fingerprint density at radius 3 is 2.59 bits per heavy atom. The minimum atomic E-state index is -3.58. The van der Waals surface area contributed by atoms with Gasteiger partial charge in [0, 0.05) is 29.9 Å². The van der Waals surface area contributed by atoms with Gasteiger partial charge in [0.1, 0.15) is 5.58 Å². The number of hydrogen-bond acceptors (Lipinski definition) is 5. The van der Waals surface area contributed by atoms with Gasteiger partial charge in [0.2, 0.25) is 10.0 Å². The monoisotopic (exact) mass is 474 g/mol. The van der Waals surface area contributed by atoms with Crippen LogP contribution in [0.15, 0.2) is 56.6 Å². The zero-order valence-electron chi connectivity index (χ0n) is 17.7. The lowest BCUT2D eigenvalue weighted by Gasteiger charge is -2.30. The van der Waals surface area contributed by atoms with Gasteiger partial charge in [0.15, 0.2) is 11.2 Å². The number of hydrogen-bond donors (Lipinski definition) is 1. The molecular formula is C23H23ClN2O5S. The summed E-state index contributed by atoms with van der Waals surface area (Å²) in [5.74, 6) is -0.436. The second-order valence-corrected chi connectivity index (χ2v) is 10.5. The third-order valence-corrected chi connectivity index (χ3v) is 7.89. The minimum absolute atomic E-state index is 0.150. The summed E-state index contributed by atoms with van der Waals surface area (Å²) in [4.78, 5) is 25.2. The van der Waals surface area contributed by atoms with Crippen LogP contribution in [-0.4, -0.2) is 31.7 Å². The number of nitrogens with zero attached hydrogens (tertiary/aromatic N) is 1. The summed E-state index contributed by atoms with van der Waals surface area (Å²) < 4.78 is 32.9. The van der Waals surface area contributed by atoms with E-state index in [1.807, 2.05) is 6.92 Å². The standard InChI is InChI=1S/C23H23ClN2O5S/c1-14-4-3-9-26(13-14)32(29,30)17-7-5-16(6-8-17)25-23(28)22-12-20(27)18-11-19(24)15(2)10-21(18)31-22/h5-8,10-12,14H,3-4,9,13H2,1-2H3,(H,25,28)/t14-/m0/s1. The van der Waals surface area contributed by atoms with E-state index in [1.165, 1.54) is 34.6 Å². The molecule has 0 spiro atoms. The van der Waals surface area contributed by atoms with Crippen molar-refractivity contribution in [1.29, 1.82) is 0 Å². The topological polar surface area (TPSA) is 96.7 Å². The van der Waals surface area contributed by atoms with Gasteiger partial charge in [-0.25, -0.2) is 8.42 Å². The number of aryl methyl sites for hydroxylation is 1. The predicted octanol–water partition coefficient (Wildman–Crippen LogP) is 4.43. The summed E-state index contributed by atoms with van der Waals surface area (Å²) in [5.41, 5.74) is 0.994. The zero-order chi connectivity index (χ0) is 23.0. The molecule has 2 heterocycles. The first-order chi connectivity index (χ1) is 15.1. The third kappa shape index (κ3) is 4.44. The third-order valence-electron chi connectivity index (χ3n) is 5.60. The molecule has 1 aromatic heterocycles. The van der Waals surface area contributed by atoms with Crippen molar-refractivity contribution in [2.24, 2.45) is 5.92 Å². The Balaban J connectivity index is 1.54. The van der Waals surface area contributed by atoms with Crippen molar-refractivity contribution < 1.29 is 17.6 Å². The van der Waals surface area contributed by atoms with Gasteiger partial charge < -0.3 is 9.73 Å². The van der Waals surface area contributed by atoms with Crippen molar-refractivity contribution in [2.45, 2.75) is 31.6 Å². The number of halogens is 1. The quantitative estimate of drug-likeness (QED) is 0.603.